The van der Waals surface area contributed by atoms with E-state index >= 15 is 4.79 Å². The number of hydrogen-bond donors (Lipinski definition) is 1. The molecule has 5 nitrogen and oxygen atoms in total. The van der Waals surface area contributed by atoms with Gasteiger partial charge in [0.15, 0.2) is 17.1 Å². The first-order chi connectivity index (χ1) is 19.7. The second kappa shape index (κ2) is 8.25. The van der Waals surface area contributed by atoms with Crippen LogP contribution in [0.25, 0.3) is 0 Å². The van der Waals surface area contributed by atoms with E-state index in [2.05, 4.69) is 25.1 Å². The van der Waals surface area contributed by atoms with Gasteiger partial charge in [0, 0.05) is 29.0 Å². The van der Waals surface area contributed by atoms with Crippen molar-refractivity contribution in [1.82, 2.24) is 4.90 Å². The molecule has 41 heavy (non-hydrogen) atoms. The van der Waals surface area contributed by atoms with Crippen LogP contribution in [0.4, 0.5) is 0 Å². The lowest BCUT2D eigenvalue weighted by atomic mass is 9.55. The molecule has 5 aliphatic rings. The molecule has 8 rings (SSSR count). The number of Topliss-reactive ketones (excluding diaryl/α,β-unsaturated/α-hetero) is 3. The molecule has 2 spiro atoms. The number of rotatable bonds is 1. The van der Waals surface area contributed by atoms with E-state index in [9.17, 15) is 14.7 Å². The molecule has 1 saturated heterocycles. The maximum absolute atomic E-state index is 15.4. The maximum atomic E-state index is 15.4. The minimum atomic E-state index is -1.53. The number of phenolic OH excluding ortho intramolecular Hbond substituents is 1. The summed E-state index contributed by atoms with van der Waals surface area (Å²) in [5.41, 5.74) is 1.18. The fraction of sp³-hybridized carbons (Fsp3) is 0.417. The van der Waals surface area contributed by atoms with Crippen molar-refractivity contribution in [3.05, 3.63) is 101 Å². The zero-order valence-electron chi connectivity index (χ0n) is 23.6. The predicted octanol–water partition coefficient (Wildman–Crippen LogP) is 5.96. The molecule has 3 aromatic carbocycles. The molecule has 2 saturated carbocycles. The summed E-state index contributed by atoms with van der Waals surface area (Å²) in [6, 6.07) is 23.0. The van der Waals surface area contributed by atoms with Crippen molar-refractivity contribution in [3.8, 4) is 5.75 Å². The Bertz CT molecular complexity index is 1610. The molecule has 0 bridgehead atoms. The van der Waals surface area contributed by atoms with Crippen molar-refractivity contribution in [3.63, 3.8) is 0 Å². The Kier molecular flexibility index (Phi) is 5.07. The van der Waals surface area contributed by atoms with Gasteiger partial charge in [-0.05, 0) is 85.7 Å². The number of likely N-dealkylation sites (N-methyl/N-ethyl adjacent to an activating group) is 1. The fourth-order valence-electron chi connectivity index (χ4n) is 10.5. The molecule has 0 aromatic heterocycles. The van der Waals surface area contributed by atoms with Crippen LogP contribution in [0.5, 0.6) is 5.75 Å². The first-order valence-corrected chi connectivity index (χ1v) is 15.1. The lowest BCUT2D eigenvalue weighted by Gasteiger charge is -2.48. The van der Waals surface area contributed by atoms with Gasteiger partial charge in [-0.25, -0.2) is 0 Å². The molecule has 6 atom stereocenters. The first kappa shape index (κ1) is 25.2. The summed E-state index contributed by atoms with van der Waals surface area (Å²) in [5, 5.41) is 10.1. The SMILES string of the molecule is CN1C[C@H](c2ccccc2)[C@@]2(C[C@H]3[C@@H]4CCc5cc(O)ccc5[C@H]4CC[C@]3(C)C2=O)C12C(=O)c1ccccc1C2=O. The zero-order chi connectivity index (χ0) is 28.3. The van der Waals surface area contributed by atoms with Crippen molar-refractivity contribution in [2.24, 2.45) is 22.7 Å². The van der Waals surface area contributed by atoms with Crippen LogP contribution in [0.15, 0.2) is 72.8 Å². The van der Waals surface area contributed by atoms with Gasteiger partial charge in [0.2, 0.25) is 0 Å². The Labute approximate surface area is 240 Å². The quantitative estimate of drug-likeness (QED) is 0.382. The Morgan fingerprint density at radius 3 is 2.27 bits per heavy atom. The number of benzene rings is 3. The number of likely N-dealkylation sites (tertiary alicyclic amines) is 1. The van der Waals surface area contributed by atoms with Gasteiger partial charge in [0.1, 0.15) is 11.5 Å². The topological polar surface area (TPSA) is 74.7 Å². The number of carbonyl (C=O) groups is 3. The normalized spacial score (nSPS) is 35.0. The zero-order valence-corrected chi connectivity index (χ0v) is 23.6. The Morgan fingerprint density at radius 1 is 0.878 bits per heavy atom. The van der Waals surface area contributed by atoms with E-state index in [1.807, 2.05) is 48.3 Å². The molecule has 3 fully saturated rings. The smallest absolute Gasteiger partial charge is 0.192 e. The summed E-state index contributed by atoms with van der Waals surface area (Å²) >= 11 is 0. The number of nitrogens with zero attached hydrogens (tertiary/aromatic N) is 1. The van der Waals surface area contributed by atoms with Crippen molar-refractivity contribution < 1.29 is 19.5 Å². The van der Waals surface area contributed by atoms with Crippen LogP contribution in [-0.2, 0) is 11.2 Å². The van der Waals surface area contributed by atoms with Gasteiger partial charge >= 0.3 is 0 Å². The van der Waals surface area contributed by atoms with Crippen LogP contribution >= 0.6 is 0 Å². The minimum Gasteiger partial charge on any atom is -0.508 e. The van der Waals surface area contributed by atoms with E-state index in [-0.39, 0.29) is 29.2 Å². The standard InChI is InChI=1S/C36H35NO4/c1-34-17-16-25-24-15-13-23(38)18-22(24)12-14-26(25)29(34)19-35(33(34)41)30(21-8-4-3-5-9-21)20-37(2)36(35)31(39)27-10-6-7-11-28(27)32(36)40/h3-11,13,15,18,25-26,29-30,38H,12,14,16-17,19-20H2,1-2H3/t25-,26-,29+,30-,34+,35-/m1/s1. The number of aromatic hydroxyl groups is 1. The van der Waals surface area contributed by atoms with Crippen molar-refractivity contribution in [1.29, 1.82) is 0 Å². The summed E-state index contributed by atoms with van der Waals surface area (Å²) in [7, 11) is 1.89. The van der Waals surface area contributed by atoms with Crippen LogP contribution in [0.2, 0.25) is 0 Å². The molecule has 0 amide bonds. The molecule has 4 aliphatic carbocycles. The van der Waals surface area contributed by atoms with Crippen LogP contribution in [0.1, 0.15) is 81.8 Å². The lowest BCUT2D eigenvalue weighted by molar-refractivity contribution is -0.138. The molecule has 3 aromatic rings. The molecule has 5 heteroatoms. The molecular formula is C36H35NO4. The maximum Gasteiger partial charge on any atom is 0.192 e. The van der Waals surface area contributed by atoms with Gasteiger partial charge in [-0.1, -0.05) is 67.6 Å². The molecule has 0 radical (unpaired) electrons. The second-order valence-corrected chi connectivity index (χ2v) is 13.5. The largest absolute Gasteiger partial charge is 0.508 e. The number of aryl methyl sites for hydroxylation is 1. The third kappa shape index (κ3) is 2.83. The van der Waals surface area contributed by atoms with Gasteiger partial charge in [-0.2, -0.15) is 0 Å². The summed E-state index contributed by atoms with van der Waals surface area (Å²) in [6.07, 6.45) is 4.02. The monoisotopic (exact) mass is 545 g/mol. The van der Waals surface area contributed by atoms with Crippen molar-refractivity contribution >= 4 is 17.3 Å². The molecule has 1 N–H and O–H groups in total. The molecule has 0 unspecified atom stereocenters. The Morgan fingerprint density at radius 2 is 1.56 bits per heavy atom. The fourth-order valence-corrected chi connectivity index (χ4v) is 10.5. The number of hydrogen-bond acceptors (Lipinski definition) is 5. The first-order valence-electron chi connectivity index (χ1n) is 15.1. The highest BCUT2D eigenvalue weighted by atomic mass is 16.3. The number of carbonyl (C=O) groups excluding carboxylic acids is 3. The van der Waals surface area contributed by atoms with E-state index in [0.29, 0.717) is 41.7 Å². The highest BCUT2D eigenvalue weighted by molar-refractivity contribution is 6.35. The van der Waals surface area contributed by atoms with Gasteiger partial charge in [-0.3, -0.25) is 19.3 Å². The molecule has 208 valence electrons. The summed E-state index contributed by atoms with van der Waals surface area (Å²) < 4.78 is 0. The third-order valence-corrected chi connectivity index (χ3v) is 12.1. The third-order valence-electron chi connectivity index (χ3n) is 12.1. The number of ketones is 3. The molecular weight excluding hydrogens is 510 g/mol. The molecule has 1 heterocycles. The highest BCUT2D eigenvalue weighted by Gasteiger charge is 2.81. The van der Waals surface area contributed by atoms with Gasteiger partial charge < -0.3 is 5.11 Å². The van der Waals surface area contributed by atoms with E-state index in [1.54, 1.807) is 18.2 Å². The van der Waals surface area contributed by atoms with Crippen LogP contribution in [0.3, 0.4) is 0 Å². The van der Waals surface area contributed by atoms with Crippen molar-refractivity contribution in [2.75, 3.05) is 13.6 Å². The van der Waals surface area contributed by atoms with Gasteiger partial charge in [-0.15, -0.1) is 0 Å². The highest BCUT2D eigenvalue weighted by Crippen LogP contribution is 2.72. The average molecular weight is 546 g/mol. The van der Waals surface area contributed by atoms with E-state index in [0.717, 1.165) is 31.2 Å². The number of phenols is 1. The van der Waals surface area contributed by atoms with Crippen LogP contribution < -0.4 is 0 Å². The second-order valence-electron chi connectivity index (χ2n) is 13.5. The summed E-state index contributed by atoms with van der Waals surface area (Å²) in [4.78, 5) is 46.7. The number of fused-ring (bicyclic) bond motifs is 7. The summed E-state index contributed by atoms with van der Waals surface area (Å²) in [5.74, 6) is 0.466. The predicted molar refractivity (Wildman–Crippen MR) is 155 cm³/mol. The lowest BCUT2D eigenvalue weighted by Crippen LogP contribution is -2.63. The van der Waals surface area contributed by atoms with Crippen LogP contribution in [0, 0.1) is 22.7 Å². The van der Waals surface area contributed by atoms with E-state index in [1.165, 1.54) is 11.1 Å². The van der Waals surface area contributed by atoms with Gasteiger partial charge in [0.05, 0.1) is 5.41 Å². The van der Waals surface area contributed by atoms with Crippen molar-refractivity contribution in [2.45, 2.75) is 56.4 Å². The van der Waals surface area contributed by atoms with E-state index < -0.39 is 16.4 Å². The Hall–Kier alpha value is -3.57. The van der Waals surface area contributed by atoms with Crippen LogP contribution in [-0.4, -0.2) is 46.5 Å². The average Bonchev–Trinajstić information content (AvgIpc) is 3.49. The minimum absolute atomic E-state index is 0.0783. The van der Waals surface area contributed by atoms with Gasteiger partial charge in [0.25, 0.3) is 0 Å². The summed E-state index contributed by atoms with van der Waals surface area (Å²) in [6.45, 7) is 2.63. The molecule has 1 aliphatic heterocycles. The Balaban J connectivity index is 1.33. The van der Waals surface area contributed by atoms with E-state index in [4.69, 9.17) is 0 Å².